The van der Waals surface area contributed by atoms with Gasteiger partial charge in [-0.15, -0.1) is 0 Å². The van der Waals surface area contributed by atoms with Crippen molar-refractivity contribution in [1.29, 1.82) is 0 Å². The molecule has 238 valence electrons. The van der Waals surface area contributed by atoms with Crippen LogP contribution < -0.4 is 0 Å². The predicted octanol–water partition coefficient (Wildman–Crippen LogP) is 4.57. The van der Waals surface area contributed by atoms with Crippen molar-refractivity contribution in [2.75, 3.05) is 33.5 Å². The zero-order valence-electron chi connectivity index (χ0n) is 26.1. The Labute approximate surface area is 241 Å². The molecule has 0 radical (unpaired) electrons. The molecule has 2 aliphatic rings. The topological polar surface area (TPSA) is 155 Å². The van der Waals surface area contributed by atoms with E-state index in [0.29, 0.717) is 31.4 Å². The molecule has 2 N–H and O–H groups in total. The molecule has 2 rings (SSSR count). The van der Waals surface area contributed by atoms with Gasteiger partial charge in [0.2, 0.25) is 0 Å². The Morgan fingerprint density at radius 2 is 1.60 bits per heavy atom. The number of rotatable bonds is 11. The predicted molar refractivity (Wildman–Crippen MR) is 152 cm³/mol. The number of ketones is 2. The van der Waals surface area contributed by atoms with Crippen LogP contribution in [-0.2, 0) is 38.1 Å². The summed E-state index contributed by atoms with van der Waals surface area (Å²) >= 11 is 0. The van der Waals surface area contributed by atoms with Crippen molar-refractivity contribution in [2.24, 2.45) is 0 Å². The first-order chi connectivity index (χ1) is 18.8. The fourth-order valence-electron chi connectivity index (χ4n) is 2.90. The summed E-state index contributed by atoms with van der Waals surface area (Å²) in [5, 5.41) is 17.1. The number of carbonyl (C=O) groups is 4. The number of ether oxygens (including phenoxy) is 5. The number of Topliss-reactive ketones (excluding diaryl/α,β-unsaturated/α-hetero) is 2. The fraction of sp³-hybridized carbons (Fsp3) is 0.862. The largest absolute Gasteiger partial charge is 0.508 e. The van der Waals surface area contributed by atoms with Crippen LogP contribution >= 0.6 is 0 Å². The molecule has 1 aliphatic heterocycles. The smallest absolute Gasteiger partial charge is 0.460 e. The second-order valence-corrected chi connectivity index (χ2v) is 9.80. The number of hydrogen-bond acceptors (Lipinski definition) is 11. The van der Waals surface area contributed by atoms with Gasteiger partial charge in [0, 0.05) is 33.3 Å². The van der Waals surface area contributed by atoms with Crippen molar-refractivity contribution in [2.45, 2.75) is 131 Å². The summed E-state index contributed by atoms with van der Waals surface area (Å²) in [5.74, 6) is 0.518. The lowest BCUT2D eigenvalue weighted by atomic mass is 10.00. The van der Waals surface area contributed by atoms with E-state index in [0.717, 1.165) is 38.5 Å². The van der Waals surface area contributed by atoms with E-state index in [2.05, 4.69) is 16.4 Å². The fourth-order valence-corrected chi connectivity index (χ4v) is 2.90. The molecular formula is C29H56O11. The second kappa shape index (κ2) is 29.9. The molecule has 0 aromatic carbocycles. The van der Waals surface area contributed by atoms with E-state index in [-0.39, 0.29) is 30.9 Å². The highest BCUT2D eigenvalue weighted by Crippen LogP contribution is 2.12. The normalized spacial score (nSPS) is 17.7. The van der Waals surface area contributed by atoms with Crippen LogP contribution in [0.3, 0.4) is 0 Å². The van der Waals surface area contributed by atoms with Gasteiger partial charge in [-0.05, 0) is 53.9 Å². The minimum absolute atomic E-state index is 0.00667. The van der Waals surface area contributed by atoms with Gasteiger partial charge in [-0.2, -0.15) is 0 Å². The first-order valence-electron chi connectivity index (χ1n) is 14.2. The number of cyclic esters (lactones) is 2. The van der Waals surface area contributed by atoms with Crippen molar-refractivity contribution >= 4 is 23.7 Å². The number of aliphatic hydroxyl groups is 2. The van der Waals surface area contributed by atoms with E-state index < -0.39 is 12.3 Å². The SMILES string of the molecule is CC(O)COC(C)CO.CC1COC(=O)O1.CCCCCC(C)=O.COCC(C)OC(C)=O.O=C1CCCCC1. The molecular weight excluding hydrogens is 524 g/mol. The van der Waals surface area contributed by atoms with Crippen molar-refractivity contribution in [3.63, 3.8) is 0 Å². The molecule has 1 aliphatic carbocycles. The minimum Gasteiger partial charge on any atom is -0.460 e. The van der Waals surface area contributed by atoms with Crippen molar-refractivity contribution in [3.8, 4) is 0 Å². The van der Waals surface area contributed by atoms with Gasteiger partial charge in [-0.1, -0.05) is 26.2 Å². The highest BCUT2D eigenvalue weighted by Gasteiger charge is 2.19. The van der Waals surface area contributed by atoms with E-state index in [9.17, 15) is 19.2 Å². The summed E-state index contributed by atoms with van der Waals surface area (Å²) < 4.78 is 23.3. The number of hydrogen-bond donors (Lipinski definition) is 2. The molecule has 1 saturated heterocycles. The summed E-state index contributed by atoms with van der Waals surface area (Å²) in [6.45, 7) is 13.3. The van der Waals surface area contributed by atoms with Crippen LogP contribution in [-0.4, -0.2) is 91.9 Å². The summed E-state index contributed by atoms with van der Waals surface area (Å²) in [7, 11) is 1.57. The summed E-state index contributed by atoms with van der Waals surface area (Å²) in [6, 6.07) is 0. The Bertz CT molecular complexity index is 622. The molecule has 0 aromatic heterocycles. The van der Waals surface area contributed by atoms with Gasteiger partial charge in [0.05, 0.1) is 32.0 Å². The average molecular weight is 581 g/mol. The quantitative estimate of drug-likeness (QED) is 0.261. The lowest BCUT2D eigenvalue weighted by Crippen LogP contribution is -2.19. The zero-order valence-corrected chi connectivity index (χ0v) is 26.1. The maximum Gasteiger partial charge on any atom is 0.508 e. The standard InChI is InChI=1S/C7H14O.C6H12O3.C6H14O3.C6H10O.C4H6O3/c1-3-4-5-6-7(2)8;1-5(4-8-3)9-6(2)7;1-5(8)4-9-6(2)3-7;7-6-4-2-1-3-5-6;1-3-2-6-4(5)7-3/h3-6H2,1-2H3;5H,4H2,1-3H3;5-8H,3-4H2,1-2H3;1-5H2;3H,2H2,1H3. The van der Waals surface area contributed by atoms with Gasteiger partial charge in [0.1, 0.15) is 30.4 Å². The Hall–Kier alpha value is -2.08. The molecule has 11 nitrogen and oxygen atoms in total. The van der Waals surface area contributed by atoms with Gasteiger partial charge >= 0.3 is 12.1 Å². The molecule has 0 spiro atoms. The van der Waals surface area contributed by atoms with Crippen LogP contribution in [0.4, 0.5) is 4.79 Å². The van der Waals surface area contributed by atoms with Gasteiger partial charge in [0.15, 0.2) is 0 Å². The Balaban J connectivity index is -0.000000429. The number of aliphatic hydroxyl groups excluding tert-OH is 2. The van der Waals surface area contributed by atoms with Crippen LogP contribution in [0.5, 0.6) is 0 Å². The van der Waals surface area contributed by atoms with Gasteiger partial charge in [-0.3, -0.25) is 9.59 Å². The van der Waals surface area contributed by atoms with E-state index >= 15 is 0 Å². The number of carbonyl (C=O) groups excluding carboxylic acids is 4. The van der Waals surface area contributed by atoms with Crippen molar-refractivity contribution in [3.05, 3.63) is 0 Å². The Morgan fingerprint density at radius 1 is 1.00 bits per heavy atom. The number of methoxy groups -OCH3 is 1. The van der Waals surface area contributed by atoms with Crippen LogP contribution in [0.25, 0.3) is 0 Å². The van der Waals surface area contributed by atoms with Crippen LogP contribution in [0.15, 0.2) is 0 Å². The van der Waals surface area contributed by atoms with Crippen molar-refractivity contribution < 1.29 is 53.1 Å². The Morgan fingerprint density at radius 3 is 1.90 bits per heavy atom. The van der Waals surface area contributed by atoms with Gasteiger partial charge in [-0.25, -0.2) is 4.79 Å². The molecule has 4 atom stereocenters. The molecule has 11 heteroatoms. The van der Waals surface area contributed by atoms with Gasteiger partial charge < -0.3 is 38.7 Å². The van der Waals surface area contributed by atoms with Crippen LogP contribution in [0, 0.1) is 0 Å². The lowest BCUT2D eigenvalue weighted by Gasteiger charge is -2.10. The van der Waals surface area contributed by atoms with E-state index in [1.165, 1.54) is 26.2 Å². The van der Waals surface area contributed by atoms with E-state index in [1.807, 2.05) is 0 Å². The third-order valence-corrected chi connectivity index (χ3v) is 4.92. The summed E-state index contributed by atoms with van der Waals surface area (Å²) in [6.07, 6.45) is 8.14. The molecule has 40 heavy (non-hydrogen) atoms. The summed E-state index contributed by atoms with van der Waals surface area (Å²) in [5.41, 5.74) is 0. The third kappa shape index (κ3) is 38.1. The summed E-state index contributed by atoms with van der Waals surface area (Å²) in [4.78, 5) is 41.0. The highest BCUT2D eigenvalue weighted by molar-refractivity contribution is 5.78. The van der Waals surface area contributed by atoms with Crippen molar-refractivity contribution in [1.82, 2.24) is 0 Å². The third-order valence-electron chi connectivity index (χ3n) is 4.92. The maximum atomic E-state index is 10.5. The minimum atomic E-state index is -0.549. The number of unbranched alkanes of at least 4 members (excludes halogenated alkanes) is 2. The highest BCUT2D eigenvalue weighted by atomic mass is 16.8. The molecule has 0 amide bonds. The monoisotopic (exact) mass is 580 g/mol. The van der Waals surface area contributed by atoms with E-state index in [1.54, 1.807) is 41.7 Å². The lowest BCUT2D eigenvalue weighted by molar-refractivity contribution is -0.147. The molecule has 0 aromatic rings. The van der Waals surface area contributed by atoms with E-state index in [4.69, 9.17) is 24.4 Å². The maximum absolute atomic E-state index is 10.5. The number of esters is 1. The van der Waals surface area contributed by atoms with Crippen LogP contribution in [0.1, 0.15) is 106 Å². The van der Waals surface area contributed by atoms with Crippen LogP contribution in [0.2, 0.25) is 0 Å². The average Bonchev–Trinajstić information content (AvgIpc) is 3.26. The molecule has 4 unspecified atom stereocenters. The molecule has 2 fully saturated rings. The zero-order chi connectivity index (χ0) is 31.3. The molecule has 1 heterocycles. The second-order valence-electron chi connectivity index (χ2n) is 9.80. The molecule has 0 bridgehead atoms. The molecule has 1 saturated carbocycles. The first kappa shape index (κ1) is 42.4. The first-order valence-corrected chi connectivity index (χ1v) is 14.2. The van der Waals surface area contributed by atoms with Gasteiger partial charge in [0.25, 0.3) is 0 Å². The Kier molecular flexibility index (Phi) is 31.7.